The first-order valence-corrected chi connectivity index (χ1v) is 8.23. The zero-order chi connectivity index (χ0) is 14.8. The van der Waals surface area contributed by atoms with Crippen LogP contribution in [0.1, 0.15) is 32.6 Å². The molecule has 0 aliphatic carbocycles. The van der Waals surface area contributed by atoms with Crippen LogP contribution in [0.2, 0.25) is 0 Å². The second kappa shape index (κ2) is 6.22. The minimum atomic E-state index is -0.00890. The fraction of sp³-hybridized carbons (Fsp3) is 0.867. The number of carbonyl (C=O) groups is 2. The van der Waals surface area contributed by atoms with Crippen LogP contribution >= 0.6 is 0 Å². The van der Waals surface area contributed by atoms with Gasteiger partial charge in [0.25, 0.3) is 0 Å². The van der Waals surface area contributed by atoms with E-state index in [0.29, 0.717) is 12.0 Å². The summed E-state index contributed by atoms with van der Waals surface area (Å²) in [5.74, 6) is 0.680. The summed E-state index contributed by atoms with van der Waals surface area (Å²) in [4.78, 5) is 28.3. The van der Waals surface area contributed by atoms with Gasteiger partial charge < -0.3 is 20.4 Å². The van der Waals surface area contributed by atoms with Gasteiger partial charge in [0.15, 0.2) is 0 Å². The summed E-state index contributed by atoms with van der Waals surface area (Å²) >= 11 is 0. The molecule has 0 spiro atoms. The molecule has 6 heteroatoms. The molecule has 0 aromatic rings. The fourth-order valence-electron chi connectivity index (χ4n) is 3.81. The van der Waals surface area contributed by atoms with Gasteiger partial charge in [0.2, 0.25) is 5.91 Å². The molecule has 0 aromatic heterocycles. The van der Waals surface area contributed by atoms with Crippen molar-refractivity contribution in [3.8, 4) is 0 Å². The number of hydrogen-bond donors (Lipinski definition) is 2. The predicted molar refractivity (Wildman–Crippen MR) is 79.9 cm³/mol. The third-order valence-electron chi connectivity index (χ3n) is 5.14. The Morgan fingerprint density at radius 1 is 1.14 bits per heavy atom. The van der Waals surface area contributed by atoms with Crippen molar-refractivity contribution in [2.45, 2.75) is 44.7 Å². The monoisotopic (exact) mass is 294 g/mol. The van der Waals surface area contributed by atoms with E-state index in [1.165, 1.54) is 0 Å². The van der Waals surface area contributed by atoms with Crippen molar-refractivity contribution in [1.29, 1.82) is 0 Å². The Hall–Kier alpha value is -1.30. The fourth-order valence-corrected chi connectivity index (χ4v) is 3.81. The van der Waals surface area contributed by atoms with Gasteiger partial charge >= 0.3 is 6.03 Å². The molecule has 2 unspecified atom stereocenters. The van der Waals surface area contributed by atoms with Crippen molar-refractivity contribution in [2.75, 3.05) is 32.7 Å². The number of likely N-dealkylation sites (tertiary alicyclic amines) is 1. The van der Waals surface area contributed by atoms with E-state index < -0.39 is 0 Å². The number of nitrogens with one attached hydrogen (secondary N) is 2. The van der Waals surface area contributed by atoms with E-state index in [2.05, 4.69) is 17.6 Å². The molecule has 0 bridgehead atoms. The van der Waals surface area contributed by atoms with Gasteiger partial charge in [-0.2, -0.15) is 0 Å². The van der Waals surface area contributed by atoms with Crippen LogP contribution < -0.4 is 10.6 Å². The van der Waals surface area contributed by atoms with Crippen molar-refractivity contribution < 1.29 is 9.59 Å². The Morgan fingerprint density at radius 3 is 2.52 bits per heavy atom. The molecule has 3 saturated heterocycles. The van der Waals surface area contributed by atoms with Crippen LogP contribution in [-0.4, -0.2) is 66.5 Å². The van der Waals surface area contributed by atoms with Crippen LogP contribution in [0.3, 0.4) is 0 Å². The van der Waals surface area contributed by atoms with Crippen molar-refractivity contribution >= 4 is 11.9 Å². The normalized spacial score (nSPS) is 31.4. The molecule has 2 atom stereocenters. The Bertz CT molecular complexity index is 406. The number of piperidine rings is 2. The maximum atomic E-state index is 12.6. The average molecular weight is 294 g/mol. The topological polar surface area (TPSA) is 64.7 Å². The smallest absolute Gasteiger partial charge is 0.317 e. The molecule has 118 valence electrons. The van der Waals surface area contributed by atoms with E-state index >= 15 is 0 Å². The lowest BCUT2D eigenvalue weighted by molar-refractivity contribution is -0.136. The minimum Gasteiger partial charge on any atom is -0.341 e. The third-order valence-corrected chi connectivity index (χ3v) is 5.14. The lowest BCUT2D eigenvalue weighted by Gasteiger charge is -2.39. The van der Waals surface area contributed by atoms with E-state index in [9.17, 15) is 9.59 Å². The lowest BCUT2D eigenvalue weighted by Crippen LogP contribution is -2.55. The first kappa shape index (κ1) is 14.6. The molecular formula is C15H26N4O2. The predicted octanol–water partition coefficient (Wildman–Crippen LogP) is 0.391. The molecule has 3 fully saturated rings. The molecule has 3 aliphatic heterocycles. The molecular weight excluding hydrogens is 268 g/mol. The summed E-state index contributed by atoms with van der Waals surface area (Å²) in [6.45, 7) is 6.22. The number of nitrogens with zero attached hydrogens (tertiary/aromatic N) is 2. The van der Waals surface area contributed by atoms with E-state index in [1.54, 1.807) is 0 Å². The highest BCUT2D eigenvalue weighted by atomic mass is 16.2. The van der Waals surface area contributed by atoms with E-state index in [-0.39, 0.29) is 18.0 Å². The molecule has 3 amide bonds. The summed E-state index contributed by atoms with van der Waals surface area (Å²) in [5, 5.41) is 6.23. The Morgan fingerprint density at radius 2 is 1.90 bits per heavy atom. The van der Waals surface area contributed by atoms with Crippen molar-refractivity contribution in [2.24, 2.45) is 5.92 Å². The van der Waals surface area contributed by atoms with Gasteiger partial charge in [0.1, 0.15) is 0 Å². The maximum Gasteiger partial charge on any atom is 0.317 e. The second-order valence-electron chi connectivity index (χ2n) is 6.53. The highest BCUT2D eigenvalue weighted by Gasteiger charge is 2.35. The molecule has 6 nitrogen and oxygen atoms in total. The Kier molecular flexibility index (Phi) is 4.33. The number of amides is 3. The number of rotatable bonds is 2. The molecule has 3 heterocycles. The van der Waals surface area contributed by atoms with E-state index in [4.69, 9.17) is 0 Å². The number of hydrogen-bond acceptors (Lipinski definition) is 3. The Labute approximate surface area is 126 Å². The van der Waals surface area contributed by atoms with Gasteiger partial charge in [-0.25, -0.2) is 4.79 Å². The van der Waals surface area contributed by atoms with Crippen LogP contribution in [0.4, 0.5) is 4.79 Å². The maximum absolute atomic E-state index is 12.6. The largest absolute Gasteiger partial charge is 0.341 e. The second-order valence-corrected chi connectivity index (χ2v) is 6.53. The van der Waals surface area contributed by atoms with Crippen molar-refractivity contribution in [3.05, 3.63) is 0 Å². The number of carbonyl (C=O) groups excluding carboxylic acids is 2. The van der Waals surface area contributed by atoms with Gasteiger partial charge in [-0.3, -0.25) is 4.79 Å². The van der Waals surface area contributed by atoms with Gasteiger partial charge in [0.05, 0.1) is 6.04 Å². The van der Waals surface area contributed by atoms with E-state index in [1.807, 2.05) is 9.80 Å². The molecule has 0 saturated carbocycles. The summed E-state index contributed by atoms with van der Waals surface area (Å²) in [5.41, 5.74) is 0. The van der Waals surface area contributed by atoms with Crippen LogP contribution in [0, 0.1) is 5.92 Å². The standard InChI is InChI=1S/C15H26N4O2/c1-11-3-2-6-16-13(11)14(20)18-8-4-12(5-9-18)19-10-7-17-15(19)21/h11-13,16H,2-10H2,1H3,(H,17,21). The first-order valence-electron chi connectivity index (χ1n) is 8.23. The molecule has 3 aliphatic rings. The average Bonchev–Trinajstić information content (AvgIpc) is 2.93. The summed E-state index contributed by atoms with van der Waals surface area (Å²) in [6.07, 6.45) is 4.10. The summed E-state index contributed by atoms with van der Waals surface area (Å²) in [7, 11) is 0. The minimum absolute atomic E-state index is 0.00890. The van der Waals surface area contributed by atoms with E-state index in [0.717, 1.165) is 58.4 Å². The van der Waals surface area contributed by atoms with Crippen molar-refractivity contribution in [1.82, 2.24) is 20.4 Å². The first-order chi connectivity index (χ1) is 10.2. The van der Waals surface area contributed by atoms with Crippen molar-refractivity contribution in [3.63, 3.8) is 0 Å². The third kappa shape index (κ3) is 3.00. The van der Waals surface area contributed by atoms with Gasteiger partial charge in [-0.15, -0.1) is 0 Å². The van der Waals surface area contributed by atoms with Crippen LogP contribution in [-0.2, 0) is 4.79 Å². The number of urea groups is 1. The lowest BCUT2D eigenvalue weighted by atomic mass is 9.91. The zero-order valence-corrected chi connectivity index (χ0v) is 12.8. The molecule has 21 heavy (non-hydrogen) atoms. The van der Waals surface area contributed by atoms with Crippen LogP contribution in [0.5, 0.6) is 0 Å². The zero-order valence-electron chi connectivity index (χ0n) is 12.8. The highest BCUT2D eigenvalue weighted by Crippen LogP contribution is 2.22. The van der Waals surface area contributed by atoms with Gasteiger partial charge in [-0.1, -0.05) is 6.92 Å². The van der Waals surface area contributed by atoms with Crippen LogP contribution in [0.15, 0.2) is 0 Å². The van der Waals surface area contributed by atoms with Crippen LogP contribution in [0.25, 0.3) is 0 Å². The molecule has 0 aromatic carbocycles. The molecule has 0 radical (unpaired) electrons. The summed E-state index contributed by atoms with van der Waals surface area (Å²) < 4.78 is 0. The summed E-state index contributed by atoms with van der Waals surface area (Å²) in [6, 6.07) is 0.348. The quantitative estimate of drug-likeness (QED) is 0.774. The SMILES string of the molecule is CC1CCCNC1C(=O)N1CCC(N2CCNC2=O)CC1. The van der Waals surface area contributed by atoms with Gasteiger partial charge in [0, 0.05) is 32.2 Å². The molecule has 3 rings (SSSR count). The molecule has 2 N–H and O–H groups in total. The highest BCUT2D eigenvalue weighted by molar-refractivity contribution is 5.82. The Balaban J connectivity index is 1.53. The van der Waals surface area contributed by atoms with Gasteiger partial charge in [-0.05, 0) is 38.1 Å².